The Bertz CT molecular complexity index is 599. The van der Waals surface area contributed by atoms with Crippen molar-refractivity contribution in [3.05, 3.63) is 63.6 Å². The topological polar surface area (TPSA) is 82.1 Å². The molecule has 0 saturated carbocycles. The molecular formula is C12H11N3O3. The summed E-state index contributed by atoms with van der Waals surface area (Å²) in [7, 11) is 0. The van der Waals surface area contributed by atoms with Gasteiger partial charge in [0.2, 0.25) is 6.20 Å². The zero-order valence-electron chi connectivity index (χ0n) is 9.66. The Morgan fingerprint density at radius 3 is 2.61 bits per heavy atom. The lowest BCUT2D eigenvalue weighted by Gasteiger charge is -2.08. The molecule has 1 aromatic heterocycles. The van der Waals surface area contributed by atoms with E-state index in [0.717, 1.165) is 23.6 Å². The predicted molar refractivity (Wildman–Crippen MR) is 66.5 cm³/mol. The zero-order valence-corrected chi connectivity index (χ0v) is 9.66. The Morgan fingerprint density at radius 2 is 1.94 bits per heavy atom. The molecule has 0 saturated heterocycles. The third-order valence-electron chi connectivity index (χ3n) is 2.52. The molecule has 1 heterocycles. The Morgan fingerprint density at radius 1 is 1.22 bits per heavy atom. The molecule has 2 rings (SSSR count). The van der Waals surface area contributed by atoms with Crippen LogP contribution < -0.4 is 10.0 Å². The SMILES string of the molecule is Cc1ccccc1Nc1c[n+]([O-])ccc1[N+](=O)[O-]. The molecule has 2 aromatic rings. The van der Waals surface area contributed by atoms with Crippen LogP contribution in [-0.2, 0) is 0 Å². The molecular weight excluding hydrogens is 234 g/mol. The summed E-state index contributed by atoms with van der Waals surface area (Å²) in [4.78, 5) is 10.3. The molecule has 1 aromatic carbocycles. The van der Waals surface area contributed by atoms with Gasteiger partial charge >= 0.3 is 5.69 Å². The van der Waals surface area contributed by atoms with Crippen molar-refractivity contribution in [1.82, 2.24) is 0 Å². The molecule has 18 heavy (non-hydrogen) atoms. The zero-order chi connectivity index (χ0) is 13.1. The fourth-order valence-corrected chi connectivity index (χ4v) is 1.58. The third kappa shape index (κ3) is 2.37. The molecule has 0 unspecified atom stereocenters. The van der Waals surface area contributed by atoms with Gasteiger partial charge in [-0.2, -0.15) is 4.73 Å². The summed E-state index contributed by atoms with van der Waals surface area (Å²) in [5.41, 5.74) is 1.71. The second-order valence-electron chi connectivity index (χ2n) is 3.80. The number of anilines is 2. The van der Waals surface area contributed by atoms with Crippen molar-refractivity contribution >= 4 is 17.1 Å². The van der Waals surface area contributed by atoms with E-state index < -0.39 is 4.92 Å². The lowest BCUT2D eigenvalue weighted by atomic mass is 10.2. The van der Waals surface area contributed by atoms with E-state index in [-0.39, 0.29) is 11.4 Å². The monoisotopic (exact) mass is 245 g/mol. The van der Waals surface area contributed by atoms with Gasteiger partial charge in [-0.1, -0.05) is 18.2 Å². The maximum absolute atomic E-state index is 11.2. The number of para-hydroxylation sites is 1. The first-order valence-corrected chi connectivity index (χ1v) is 5.28. The molecule has 0 aliphatic rings. The van der Waals surface area contributed by atoms with E-state index in [0.29, 0.717) is 4.73 Å². The first-order chi connectivity index (χ1) is 8.58. The standard InChI is InChI=1S/C12H11N3O3/c1-9-4-2-3-5-10(9)13-11-8-14(16)7-6-12(11)15(17)18/h2-8,13H,1H3. The number of nitrogens with zero attached hydrogens (tertiary/aromatic N) is 2. The highest BCUT2D eigenvalue weighted by molar-refractivity contribution is 5.69. The largest absolute Gasteiger partial charge is 0.619 e. The van der Waals surface area contributed by atoms with E-state index in [1.807, 2.05) is 25.1 Å². The van der Waals surface area contributed by atoms with Gasteiger partial charge in [-0.15, -0.1) is 0 Å². The Labute approximate surface area is 103 Å². The van der Waals surface area contributed by atoms with Crippen LogP contribution in [0.2, 0.25) is 0 Å². The van der Waals surface area contributed by atoms with Crippen LogP contribution in [0, 0.1) is 22.2 Å². The van der Waals surface area contributed by atoms with Crippen LogP contribution in [0.4, 0.5) is 17.1 Å². The Kier molecular flexibility index (Phi) is 3.09. The maximum atomic E-state index is 11.2. The smallest absolute Gasteiger partial charge is 0.304 e. The van der Waals surface area contributed by atoms with Crippen LogP contribution in [-0.4, -0.2) is 4.92 Å². The summed E-state index contributed by atoms with van der Waals surface area (Å²) >= 11 is 0. The minimum Gasteiger partial charge on any atom is -0.619 e. The molecule has 0 aliphatic carbocycles. The van der Waals surface area contributed by atoms with E-state index in [4.69, 9.17) is 0 Å². The number of hydrogen-bond donors (Lipinski definition) is 1. The summed E-state index contributed by atoms with van der Waals surface area (Å²) in [6.45, 7) is 1.88. The first kappa shape index (κ1) is 11.8. The Hall–Kier alpha value is -2.63. The van der Waals surface area contributed by atoms with Crippen LogP contribution >= 0.6 is 0 Å². The van der Waals surface area contributed by atoms with E-state index in [2.05, 4.69) is 5.32 Å². The van der Waals surface area contributed by atoms with Gasteiger partial charge in [0.25, 0.3) is 0 Å². The van der Waals surface area contributed by atoms with Crippen molar-refractivity contribution < 1.29 is 9.65 Å². The number of pyridine rings is 1. The van der Waals surface area contributed by atoms with E-state index in [1.54, 1.807) is 6.07 Å². The Balaban J connectivity index is 2.42. The van der Waals surface area contributed by atoms with Gasteiger partial charge < -0.3 is 10.5 Å². The molecule has 6 heteroatoms. The quantitative estimate of drug-likeness (QED) is 0.389. The number of hydrogen-bond acceptors (Lipinski definition) is 4. The molecule has 0 spiro atoms. The fraction of sp³-hybridized carbons (Fsp3) is 0.0833. The van der Waals surface area contributed by atoms with Gasteiger partial charge in [0.15, 0.2) is 11.9 Å². The van der Waals surface area contributed by atoms with Crippen molar-refractivity contribution in [2.24, 2.45) is 0 Å². The van der Waals surface area contributed by atoms with Crippen molar-refractivity contribution in [3.63, 3.8) is 0 Å². The molecule has 1 N–H and O–H groups in total. The summed E-state index contributed by atoms with van der Waals surface area (Å²) in [6.07, 6.45) is 2.24. The molecule has 0 atom stereocenters. The average molecular weight is 245 g/mol. The lowest BCUT2D eigenvalue weighted by Crippen LogP contribution is -2.25. The summed E-state index contributed by atoms with van der Waals surface area (Å²) in [6, 6.07) is 8.53. The number of aromatic nitrogens is 1. The van der Waals surface area contributed by atoms with Crippen molar-refractivity contribution in [1.29, 1.82) is 0 Å². The molecule has 0 bridgehead atoms. The number of nitrogens with one attached hydrogen (secondary N) is 1. The molecule has 0 aliphatic heterocycles. The second-order valence-corrected chi connectivity index (χ2v) is 3.80. The van der Waals surface area contributed by atoms with Crippen molar-refractivity contribution in [2.45, 2.75) is 6.92 Å². The van der Waals surface area contributed by atoms with E-state index in [9.17, 15) is 15.3 Å². The number of aryl methyl sites for hydroxylation is 1. The van der Waals surface area contributed by atoms with Gasteiger partial charge in [0, 0.05) is 5.69 Å². The molecule has 6 nitrogen and oxygen atoms in total. The summed E-state index contributed by atoms with van der Waals surface area (Å²) in [5, 5.41) is 25.0. The highest BCUT2D eigenvalue weighted by atomic mass is 16.6. The van der Waals surface area contributed by atoms with Crippen LogP contribution in [0.5, 0.6) is 0 Å². The van der Waals surface area contributed by atoms with Gasteiger partial charge in [-0.25, -0.2) is 0 Å². The van der Waals surface area contributed by atoms with Gasteiger partial charge in [-0.3, -0.25) is 10.1 Å². The highest BCUT2D eigenvalue weighted by Gasteiger charge is 2.17. The summed E-state index contributed by atoms with van der Waals surface area (Å²) < 4.78 is 0.521. The molecule has 0 amide bonds. The minimum atomic E-state index is -0.527. The van der Waals surface area contributed by atoms with Crippen LogP contribution in [0.15, 0.2) is 42.7 Å². The molecule has 0 fully saturated rings. The van der Waals surface area contributed by atoms with Crippen LogP contribution in [0.25, 0.3) is 0 Å². The third-order valence-corrected chi connectivity index (χ3v) is 2.52. The lowest BCUT2D eigenvalue weighted by molar-refractivity contribution is -0.605. The van der Waals surface area contributed by atoms with E-state index >= 15 is 0 Å². The first-order valence-electron chi connectivity index (χ1n) is 5.28. The fourth-order valence-electron chi connectivity index (χ4n) is 1.58. The van der Waals surface area contributed by atoms with E-state index in [1.165, 1.54) is 6.07 Å². The minimum absolute atomic E-state index is 0.134. The van der Waals surface area contributed by atoms with Gasteiger partial charge in [0.05, 0.1) is 11.0 Å². The summed E-state index contributed by atoms with van der Waals surface area (Å²) in [5.74, 6) is 0. The molecule has 92 valence electrons. The number of nitro groups is 1. The van der Waals surface area contributed by atoms with Crippen LogP contribution in [0.1, 0.15) is 5.56 Å². The highest BCUT2D eigenvalue weighted by Crippen LogP contribution is 2.26. The van der Waals surface area contributed by atoms with Crippen LogP contribution in [0.3, 0.4) is 0 Å². The second kappa shape index (κ2) is 4.70. The van der Waals surface area contributed by atoms with Gasteiger partial charge in [-0.05, 0) is 18.6 Å². The number of benzene rings is 1. The normalized spacial score (nSPS) is 10.1. The molecule has 0 radical (unpaired) electrons. The van der Waals surface area contributed by atoms with Crippen molar-refractivity contribution in [2.75, 3.05) is 5.32 Å². The average Bonchev–Trinajstić information content (AvgIpc) is 2.32. The maximum Gasteiger partial charge on any atom is 0.304 e. The number of rotatable bonds is 3. The predicted octanol–water partition coefficient (Wildman–Crippen LogP) is 2.28. The van der Waals surface area contributed by atoms with Crippen molar-refractivity contribution in [3.8, 4) is 0 Å². The van der Waals surface area contributed by atoms with Gasteiger partial charge in [0.1, 0.15) is 0 Å².